The van der Waals surface area contributed by atoms with E-state index >= 15 is 0 Å². The average Bonchev–Trinajstić information content (AvgIpc) is 2.53. The standard InChI is InChI=1S/C12H18F2N2O2/c13-12(14)4-1-9(2-5-12)11(18)16-7-3-10(17)15-6-8-16/h9H,1-8H2,(H,15,17). The molecule has 0 spiro atoms. The molecule has 0 aromatic heterocycles. The van der Waals surface area contributed by atoms with Crippen molar-refractivity contribution >= 4 is 11.8 Å². The maximum absolute atomic E-state index is 13.0. The number of rotatable bonds is 1. The number of halogens is 2. The van der Waals surface area contributed by atoms with Crippen LogP contribution in [0.25, 0.3) is 0 Å². The van der Waals surface area contributed by atoms with Gasteiger partial charge in [0.15, 0.2) is 0 Å². The van der Waals surface area contributed by atoms with E-state index in [1.54, 1.807) is 4.90 Å². The summed E-state index contributed by atoms with van der Waals surface area (Å²) >= 11 is 0. The lowest BCUT2D eigenvalue weighted by Crippen LogP contribution is -2.41. The summed E-state index contributed by atoms with van der Waals surface area (Å²) in [5.41, 5.74) is 0. The minimum atomic E-state index is -2.60. The van der Waals surface area contributed by atoms with Crippen molar-refractivity contribution in [3.8, 4) is 0 Å². The van der Waals surface area contributed by atoms with Crippen LogP contribution in [0.4, 0.5) is 8.78 Å². The first-order valence-corrected chi connectivity index (χ1v) is 6.41. The van der Waals surface area contributed by atoms with E-state index in [2.05, 4.69) is 5.32 Å². The Morgan fingerprint density at radius 3 is 2.61 bits per heavy atom. The van der Waals surface area contributed by atoms with Gasteiger partial charge < -0.3 is 10.2 Å². The van der Waals surface area contributed by atoms with E-state index in [0.29, 0.717) is 26.1 Å². The molecule has 4 nitrogen and oxygen atoms in total. The second-order valence-electron chi connectivity index (χ2n) is 5.06. The van der Waals surface area contributed by atoms with Crippen LogP contribution in [0.15, 0.2) is 0 Å². The fraction of sp³-hybridized carbons (Fsp3) is 0.833. The average molecular weight is 260 g/mol. The van der Waals surface area contributed by atoms with Crippen molar-refractivity contribution in [2.75, 3.05) is 19.6 Å². The Hall–Kier alpha value is -1.20. The number of carbonyl (C=O) groups is 2. The van der Waals surface area contributed by atoms with Crippen molar-refractivity contribution in [3.05, 3.63) is 0 Å². The fourth-order valence-electron chi connectivity index (χ4n) is 2.53. The molecule has 0 aromatic rings. The van der Waals surface area contributed by atoms with Crippen LogP contribution in [-0.4, -0.2) is 42.3 Å². The summed E-state index contributed by atoms with van der Waals surface area (Å²) in [6.45, 7) is 1.34. The highest BCUT2D eigenvalue weighted by molar-refractivity contribution is 5.81. The molecule has 0 aromatic carbocycles. The van der Waals surface area contributed by atoms with Crippen molar-refractivity contribution in [1.29, 1.82) is 0 Å². The zero-order chi connectivity index (χ0) is 13.2. The van der Waals surface area contributed by atoms with E-state index in [0.717, 1.165) is 0 Å². The summed E-state index contributed by atoms with van der Waals surface area (Å²) < 4.78 is 26.0. The molecule has 2 rings (SSSR count). The molecule has 0 unspecified atom stereocenters. The summed E-state index contributed by atoms with van der Waals surface area (Å²) in [7, 11) is 0. The van der Waals surface area contributed by atoms with Gasteiger partial charge in [-0.3, -0.25) is 9.59 Å². The molecule has 0 atom stereocenters. The lowest BCUT2D eigenvalue weighted by molar-refractivity contribution is -0.139. The van der Waals surface area contributed by atoms with Crippen LogP contribution in [-0.2, 0) is 9.59 Å². The highest BCUT2D eigenvalue weighted by Gasteiger charge is 2.38. The van der Waals surface area contributed by atoms with E-state index in [1.165, 1.54) is 0 Å². The van der Waals surface area contributed by atoms with Crippen LogP contribution in [0.2, 0.25) is 0 Å². The fourth-order valence-corrected chi connectivity index (χ4v) is 2.53. The third-order valence-electron chi connectivity index (χ3n) is 3.69. The van der Waals surface area contributed by atoms with E-state index in [1.807, 2.05) is 0 Å². The van der Waals surface area contributed by atoms with Crippen LogP contribution < -0.4 is 5.32 Å². The van der Waals surface area contributed by atoms with Crippen LogP contribution in [0, 0.1) is 5.92 Å². The Bertz CT molecular complexity index is 337. The smallest absolute Gasteiger partial charge is 0.248 e. The quantitative estimate of drug-likeness (QED) is 0.769. The Balaban J connectivity index is 1.89. The maximum atomic E-state index is 13.0. The molecule has 6 heteroatoms. The molecule has 1 saturated carbocycles. The summed E-state index contributed by atoms with van der Waals surface area (Å²) in [5.74, 6) is -3.02. The van der Waals surface area contributed by atoms with Crippen LogP contribution >= 0.6 is 0 Å². The molecule has 0 radical (unpaired) electrons. The zero-order valence-electron chi connectivity index (χ0n) is 10.3. The van der Waals surface area contributed by atoms with Gasteiger partial charge in [-0.25, -0.2) is 8.78 Å². The van der Waals surface area contributed by atoms with Crippen molar-refractivity contribution in [3.63, 3.8) is 0 Å². The number of hydrogen-bond acceptors (Lipinski definition) is 2. The van der Waals surface area contributed by atoms with Crippen molar-refractivity contribution < 1.29 is 18.4 Å². The molecule has 102 valence electrons. The molecule has 1 aliphatic heterocycles. The Morgan fingerprint density at radius 2 is 1.94 bits per heavy atom. The molecule has 18 heavy (non-hydrogen) atoms. The van der Waals surface area contributed by atoms with Gasteiger partial charge in [-0.1, -0.05) is 0 Å². The number of nitrogens with one attached hydrogen (secondary N) is 1. The van der Waals surface area contributed by atoms with E-state index in [9.17, 15) is 18.4 Å². The van der Waals surface area contributed by atoms with Crippen LogP contribution in [0.3, 0.4) is 0 Å². The summed E-state index contributed by atoms with van der Waals surface area (Å²) in [4.78, 5) is 25.0. The topological polar surface area (TPSA) is 49.4 Å². The van der Waals surface area contributed by atoms with E-state index in [4.69, 9.17) is 0 Å². The molecule has 1 aliphatic carbocycles. The number of alkyl halides is 2. The van der Waals surface area contributed by atoms with Gasteiger partial charge in [-0.05, 0) is 12.8 Å². The molecular formula is C12H18F2N2O2. The van der Waals surface area contributed by atoms with Crippen molar-refractivity contribution in [2.24, 2.45) is 5.92 Å². The third-order valence-corrected chi connectivity index (χ3v) is 3.69. The van der Waals surface area contributed by atoms with Gasteiger partial charge in [0.1, 0.15) is 0 Å². The van der Waals surface area contributed by atoms with Crippen molar-refractivity contribution in [1.82, 2.24) is 10.2 Å². The lowest BCUT2D eigenvalue weighted by atomic mass is 9.86. The van der Waals surface area contributed by atoms with Crippen LogP contribution in [0.5, 0.6) is 0 Å². The molecule has 1 saturated heterocycles. The SMILES string of the molecule is O=C1CCN(C(=O)C2CCC(F)(F)CC2)CCN1. The minimum absolute atomic E-state index is 0.0551. The number of amides is 2. The monoisotopic (exact) mass is 260 g/mol. The van der Waals surface area contributed by atoms with Crippen molar-refractivity contribution in [2.45, 2.75) is 38.0 Å². The van der Waals surface area contributed by atoms with E-state index in [-0.39, 0.29) is 43.4 Å². The second kappa shape index (κ2) is 5.20. The van der Waals surface area contributed by atoms with Gasteiger partial charge in [0.2, 0.25) is 17.7 Å². The number of nitrogens with zero attached hydrogens (tertiary/aromatic N) is 1. The first-order chi connectivity index (χ1) is 8.48. The highest BCUT2D eigenvalue weighted by Crippen LogP contribution is 2.36. The predicted molar refractivity (Wildman–Crippen MR) is 61.1 cm³/mol. The first kappa shape index (κ1) is 13.2. The molecule has 1 N–H and O–H groups in total. The largest absolute Gasteiger partial charge is 0.354 e. The zero-order valence-corrected chi connectivity index (χ0v) is 10.3. The molecule has 2 amide bonds. The third kappa shape index (κ3) is 3.17. The summed E-state index contributed by atoms with van der Waals surface area (Å²) in [6, 6.07) is 0. The minimum Gasteiger partial charge on any atom is -0.354 e. The number of hydrogen-bond donors (Lipinski definition) is 1. The van der Waals surface area contributed by atoms with Gasteiger partial charge in [-0.2, -0.15) is 0 Å². The summed E-state index contributed by atoms with van der Waals surface area (Å²) in [6.07, 6.45) is 0.408. The summed E-state index contributed by atoms with van der Waals surface area (Å²) in [5, 5.41) is 2.69. The van der Waals surface area contributed by atoms with Gasteiger partial charge in [0.05, 0.1) is 0 Å². The maximum Gasteiger partial charge on any atom is 0.248 e. The molecule has 0 bridgehead atoms. The molecule has 1 heterocycles. The number of carbonyl (C=O) groups excluding carboxylic acids is 2. The molecule has 2 aliphatic rings. The van der Waals surface area contributed by atoms with Gasteiger partial charge >= 0.3 is 0 Å². The first-order valence-electron chi connectivity index (χ1n) is 6.41. The Kier molecular flexibility index (Phi) is 3.82. The van der Waals surface area contributed by atoms with Crippen LogP contribution in [0.1, 0.15) is 32.1 Å². The normalized spacial score (nSPS) is 25.4. The van der Waals surface area contributed by atoms with Gasteiger partial charge in [-0.15, -0.1) is 0 Å². The second-order valence-corrected chi connectivity index (χ2v) is 5.06. The Morgan fingerprint density at radius 1 is 1.28 bits per heavy atom. The van der Waals surface area contributed by atoms with Gasteiger partial charge in [0, 0.05) is 44.8 Å². The Labute approximate surface area is 105 Å². The molecular weight excluding hydrogens is 242 g/mol. The highest BCUT2D eigenvalue weighted by atomic mass is 19.3. The van der Waals surface area contributed by atoms with Gasteiger partial charge in [0.25, 0.3) is 0 Å². The lowest BCUT2D eigenvalue weighted by Gasteiger charge is -2.31. The molecule has 2 fully saturated rings. The predicted octanol–water partition coefficient (Wildman–Crippen LogP) is 1.16. The van der Waals surface area contributed by atoms with E-state index < -0.39 is 5.92 Å².